The van der Waals surface area contributed by atoms with Gasteiger partial charge in [0.15, 0.2) is 17.3 Å². The summed E-state index contributed by atoms with van der Waals surface area (Å²) in [6, 6.07) is 0. The van der Waals surface area contributed by atoms with E-state index in [1.54, 1.807) is 0 Å². The Hall–Kier alpha value is -1.75. The van der Waals surface area contributed by atoms with Crippen LogP contribution in [0.2, 0.25) is 0 Å². The fraction of sp³-hybridized carbons (Fsp3) is 0.667. The van der Waals surface area contributed by atoms with Gasteiger partial charge in [-0.1, -0.05) is 34.6 Å². The molecular weight excluding hydrogens is 332 g/mol. The minimum atomic E-state index is -0.518. The van der Waals surface area contributed by atoms with Gasteiger partial charge in [-0.25, -0.2) is 0 Å². The van der Waals surface area contributed by atoms with Crippen molar-refractivity contribution in [3.05, 3.63) is 16.7 Å². The quantitative estimate of drug-likeness (QED) is 0.695. The molecule has 1 saturated carbocycles. The van der Waals surface area contributed by atoms with Gasteiger partial charge in [-0.15, -0.1) is 0 Å². The van der Waals surface area contributed by atoms with Crippen molar-refractivity contribution in [2.45, 2.75) is 71.3 Å². The van der Waals surface area contributed by atoms with Crippen LogP contribution >= 0.6 is 0 Å². The zero-order chi connectivity index (χ0) is 19.6. The highest BCUT2D eigenvalue weighted by Crippen LogP contribution is 2.62. The van der Waals surface area contributed by atoms with Gasteiger partial charge in [0.05, 0.1) is 18.8 Å². The van der Waals surface area contributed by atoms with E-state index in [4.69, 9.17) is 4.74 Å². The van der Waals surface area contributed by atoms with Gasteiger partial charge in [-0.05, 0) is 30.1 Å². The molecule has 0 unspecified atom stereocenters. The number of methoxy groups -OCH3 is 1. The topological polar surface area (TPSA) is 87.0 Å². The van der Waals surface area contributed by atoms with Crippen LogP contribution in [0, 0.1) is 11.3 Å². The predicted octanol–water partition coefficient (Wildman–Crippen LogP) is 3.87. The number of carbonyl (C=O) groups excluding carboxylic acids is 1. The Morgan fingerprint density at radius 1 is 1.15 bits per heavy atom. The second-order valence-corrected chi connectivity index (χ2v) is 9.02. The summed E-state index contributed by atoms with van der Waals surface area (Å²) in [6.45, 7) is 9.77. The van der Waals surface area contributed by atoms with Gasteiger partial charge in [-0.3, -0.25) is 4.79 Å². The van der Waals surface area contributed by atoms with Crippen molar-refractivity contribution in [3.8, 4) is 17.2 Å². The van der Waals surface area contributed by atoms with Gasteiger partial charge in [0.25, 0.3) is 0 Å². The molecule has 26 heavy (non-hydrogen) atoms. The molecule has 5 heteroatoms. The van der Waals surface area contributed by atoms with Crippen LogP contribution in [0.25, 0.3) is 0 Å². The van der Waals surface area contributed by atoms with Crippen LogP contribution in [-0.2, 0) is 5.41 Å². The number of phenolic OH excluding ortho intramolecular Hbond substituents is 2. The summed E-state index contributed by atoms with van der Waals surface area (Å²) >= 11 is 0. The Kier molecular flexibility index (Phi) is 4.30. The van der Waals surface area contributed by atoms with Crippen LogP contribution in [-0.4, -0.2) is 34.3 Å². The first-order valence-electron chi connectivity index (χ1n) is 9.35. The third kappa shape index (κ3) is 2.29. The molecule has 0 heterocycles. The number of rotatable bonds is 2. The molecule has 0 radical (unpaired) electrons. The predicted molar refractivity (Wildman–Crippen MR) is 99.2 cm³/mol. The molecule has 144 valence electrons. The molecule has 0 aromatic heterocycles. The number of hydrogen-bond donors (Lipinski definition) is 3. The van der Waals surface area contributed by atoms with Gasteiger partial charge in [-0.2, -0.15) is 0 Å². The number of aromatic hydroxyl groups is 2. The second-order valence-electron chi connectivity index (χ2n) is 9.02. The lowest BCUT2D eigenvalue weighted by atomic mass is 9.49. The molecule has 0 bridgehead atoms. The standard InChI is InChI=1S/C21H30O5/c1-10(2)14-17(24)15-11(22)9-12-20(3,4)13(23)7-8-21(12,5)16(15)18(25)19(14)26-6/h10,12-13,23-25H,7-9H2,1-6H3/t12-,13-,21-/m0/s1. The summed E-state index contributed by atoms with van der Waals surface area (Å²) in [7, 11) is 1.46. The van der Waals surface area contributed by atoms with Crippen molar-refractivity contribution < 1.29 is 24.9 Å². The fourth-order valence-corrected chi connectivity index (χ4v) is 5.40. The van der Waals surface area contributed by atoms with Gasteiger partial charge >= 0.3 is 0 Å². The van der Waals surface area contributed by atoms with Crippen LogP contribution in [0.4, 0.5) is 0 Å². The molecule has 3 N–H and O–H groups in total. The van der Waals surface area contributed by atoms with Crippen molar-refractivity contribution in [2.75, 3.05) is 7.11 Å². The van der Waals surface area contributed by atoms with Gasteiger partial charge in [0.2, 0.25) is 0 Å². The Morgan fingerprint density at radius 2 is 1.77 bits per heavy atom. The lowest BCUT2D eigenvalue weighted by Crippen LogP contribution is -2.55. The lowest BCUT2D eigenvalue weighted by molar-refractivity contribution is -0.0693. The van der Waals surface area contributed by atoms with Crippen LogP contribution in [0.15, 0.2) is 0 Å². The van der Waals surface area contributed by atoms with Crippen LogP contribution in [0.1, 0.15) is 81.3 Å². The maximum atomic E-state index is 13.0. The Balaban J connectivity index is 2.37. The number of carbonyl (C=O) groups is 1. The molecule has 0 amide bonds. The SMILES string of the molecule is COc1c(O)c2c(c(O)c1C(C)C)C(=O)C[C@H]1C(C)(C)[C@@H](O)CC[C@]21C. The van der Waals surface area contributed by atoms with E-state index in [0.717, 1.165) is 0 Å². The Morgan fingerprint density at radius 3 is 2.31 bits per heavy atom. The number of benzene rings is 1. The molecule has 0 aliphatic heterocycles. The molecule has 5 nitrogen and oxygen atoms in total. The maximum Gasteiger partial charge on any atom is 0.167 e. The zero-order valence-electron chi connectivity index (χ0n) is 16.5. The van der Waals surface area contributed by atoms with Crippen molar-refractivity contribution in [1.29, 1.82) is 0 Å². The highest BCUT2D eigenvalue weighted by atomic mass is 16.5. The number of phenols is 2. The smallest absolute Gasteiger partial charge is 0.167 e. The van der Waals surface area contributed by atoms with E-state index in [1.807, 2.05) is 34.6 Å². The molecule has 2 aliphatic carbocycles. The molecule has 3 atom stereocenters. The summed E-state index contributed by atoms with van der Waals surface area (Å²) in [5, 5.41) is 32.6. The first-order valence-corrected chi connectivity index (χ1v) is 9.35. The number of ketones is 1. The number of hydrogen-bond acceptors (Lipinski definition) is 5. The van der Waals surface area contributed by atoms with Gasteiger partial charge in [0, 0.05) is 23.0 Å². The highest BCUT2D eigenvalue weighted by Gasteiger charge is 2.57. The molecule has 2 aliphatic rings. The minimum Gasteiger partial charge on any atom is -0.507 e. The third-order valence-electron chi connectivity index (χ3n) is 6.92. The minimum absolute atomic E-state index is 0.0447. The van der Waals surface area contributed by atoms with E-state index in [9.17, 15) is 20.1 Å². The summed E-state index contributed by atoms with van der Waals surface area (Å²) in [5.41, 5.74) is 0.201. The molecule has 0 saturated heterocycles. The van der Waals surface area contributed by atoms with E-state index in [-0.39, 0.29) is 46.9 Å². The van der Waals surface area contributed by atoms with E-state index in [0.29, 0.717) is 24.0 Å². The van der Waals surface area contributed by atoms with E-state index in [1.165, 1.54) is 7.11 Å². The molecule has 3 rings (SSSR count). The molecule has 1 aromatic rings. The third-order valence-corrected chi connectivity index (χ3v) is 6.92. The number of aliphatic hydroxyl groups is 1. The van der Waals surface area contributed by atoms with E-state index >= 15 is 0 Å². The van der Waals surface area contributed by atoms with Crippen molar-refractivity contribution >= 4 is 5.78 Å². The zero-order valence-corrected chi connectivity index (χ0v) is 16.5. The fourth-order valence-electron chi connectivity index (χ4n) is 5.40. The van der Waals surface area contributed by atoms with Crippen LogP contribution < -0.4 is 4.74 Å². The normalized spacial score (nSPS) is 30.1. The average molecular weight is 362 g/mol. The summed E-state index contributed by atoms with van der Waals surface area (Å²) < 4.78 is 5.45. The van der Waals surface area contributed by atoms with E-state index in [2.05, 4.69) is 0 Å². The van der Waals surface area contributed by atoms with Gasteiger partial charge < -0.3 is 20.1 Å². The Labute approximate surface area is 155 Å². The summed E-state index contributed by atoms with van der Waals surface area (Å²) in [6.07, 6.45) is 0.981. The lowest BCUT2D eigenvalue weighted by Gasteiger charge is -2.55. The van der Waals surface area contributed by atoms with Crippen molar-refractivity contribution in [2.24, 2.45) is 11.3 Å². The van der Waals surface area contributed by atoms with Crippen molar-refractivity contribution in [3.63, 3.8) is 0 Å². The molecular formula is C21H30O5. The molecule has 0 spiro atoms. The first-order chi connectivity index (χ1) is 12.0. The van der Waals surface area contributed by atoms with Crippen LogP contribution in [0.5, 0.6) is 17.2 Å². The number of ether oxygens (including phenoxy) is 1. The number of fused-ring (bicyclic) bond motifs is 3. The second kappa shape index (κ2) is 5.88. The summed E-state index contributed by atoms with van der Waals surface area (Å²) in [5.74, 6) is -0.283. The van der Waals surface area contributed by atoms with Crippen molar-refractivity contribution in [1.82, 2.24) is 0 Å². The van der Waals surface area contributed by atoms with Crippen LogP contribution in [0.3, 0.4) is 0 Å². The van der Waals surface area contributed by atoms with Gasteiger partial charge in [0.1, 0.15) is 5.75 Å². The molecule has 1 aromatic carbocycles. The van der Waals surface area contributed by atoms with E-state index < -0.39 is 16.9 Å². The average Bonchev–Trinajstić information content (AvgIpc) is 2.55. The number of Topliss-reactive ketones (excluding diaryl/α,β-unsaturated/α-hetero) is 1. The monoisotopic (exact) mass is 362 g/mol. The Bertz CT molecular complexity index is 764. The summed E-state index contributed by atoms with van der Waals surface area (Å²) in [4.78, 5) is 13.0. The molecule has 1 fully saturated rings. The highest BCUT2D eigenvalue weighted by molar-refractivity contribution is 6.04. The maximum absolute atomic E-state index is 13.0. The number of aliphatic hydroxyl groups excluding tert-OH is 1. The largest absolute Gasteiger partial charge is 0.507 e. The first kappa shape index (κ1) is 19.0.